The first-order valence-electron chi connectivity index (χ1n) is 17.0. The molecule has 0 atom stereocenters. The minimum atomic E-state index is 0.912. The van der Waals surface area contributed by atoms with Crippen molar-refractivity contribution in [3.63, 3.8) is 0 Å². The molecule has 1 nitrogen and oxygen atoms in total. The van der Waals surface area contributed by atoms with Crippen LogP contribution in [-0.4, -0.2) is 0 Å². The molecule has 0 aliphatic rings. The van der Waals surface area contributed by atoms with Crippen LogP contribution in [0, 0.1) is 0 Å². The van der Waals surface area contributed by atoms with E-state index >= 15 is 0 Å². The molecule has 12 aromatic rings. The van der Waals surface area contributed by atoms with Crippen LogP contribution in [-0.2, 0) is 0 Å². The molecule has 0 radical (unpaired) electrons. The molecule has 0 amide bonds. The predicted octanol–water partition coefficient (Wildman–Crippen LogP) is 13.9. The van der Waals surface area contributed by atoms with Gasteiger partial charge in [0.15, 0.2) is 0 Å². The molecule has 49 heavy (non-hydrogen) atoms. The van der Waals surface area contributed by atoms with E-state index in [0.717, 1.165) is 32.9 Å². The molecule has 0 spiro atoms. The summed E-state index contributed by atoms with van der Waals surface area (Å²) < 4.78 is 6.91. The molecule has 1 heteroatoms. The first-order valence-corrected chi connectivity index (χ1v) is 17.0. The van der Waals surface area contributed by atoms with Gasteiger partial charge in [0.05, 0.1) is 0 Å². The van der Waals surface area contributed by atoms with Gasteiger partial charge in [-0.1, -0.05) is 127 Å². The van der Waals surface area contributed by atoms with Crippen LogP contribution in [0.1, 0.15) is 0 Å². The molecule has 1 heterocycles. The Labute approximate surface area is 280 Å². The average molecular weight is 619 g/mol. The van der Waals surface area contributed by atoms with Gasteiger partial charge in [-0.05, 0) is 123 Å². The van der Waals surface area contributed by atoms with E-state index in [-0.39, 0.29) is 0 Å². The van der Waals surface area contributed by atoms with Gasteiger partial charge in [0.25, 0.3) is 0 Å². The maximum absolute atomic E-state index is 6.91. The van der Waals surface area contributed by atoms with Gasteiger partial charge in [-0.15, -0.1) is 0 Å². The van der Waals surface area contributed by atoms with Crippen molar-refractivity contribution in [1.82, 2.24) is 0 Å². The monoisotopic (exact) mass is 618 g/mol. The number of hydrogen-bond acceptors (Lipinski definition) is 1. The third kappa shape index (κ3) is 3.39. The number of benzene rings is 11. The Morgan fingerprint density at radius 3 is 1.53 bits per heavy atom. The summed E-state index contributed by atoms with van der Waals surface area (Å²) >= 11 is 0. The highest BCUT2D eigenvalue weighted by Crippen LogP contribution is 2.47. The molecule has 0 aliphatic heterocycles. The van der Waals surface area contributed by atoms with Gasteiger partial charge in [0.1, 0.15) is 11.2 Å². The predicted molar refractivity (Wildman–Crippen MR) is 210 cm³/mol. The minimum absolute atomic E-state index is 0.912. The number of fused-ring (bicyclic) bond motifs is 5. The summed E-state index contributed by atoms with van der Waals surface area (Å²) in [6, 6.07) is 58.5. The lowest BCUT2D eigenvalue weighted by Gasteiger charge is -2.16. The van der Waals surface area contributed by atoms with E-state index in [4.69, 9.17) is 4.42 Å². The average Bonchev–Trinajstić information content (AvgIpc) is 3.55. The number of hydrogen-bond donors (Lipinski definition) is 0. The molecule has 0 fully saturated rings. The van der Waals surface area contributed by atoms with Gasteiger partial charge in [-0.3, -0.25) is 0 Å². The summed E-state index contributed by atoms with van der Waals surface area (Å²) in [5.74, 6) is 0. The second-order valence-electron chi connectivity index (χ2n) is 13.6. The molecule has 12 rings (SSSR count). The Balaban J connectivity index is 1.21. The standard InChI is InChI=1S/C48H26O/c1-2-10-37-27(5-1)17-22-40-47-41(38-20-18-32-12-11-30-8-4-9-31-19-21-39(38)46(32)44(30)31)25-36(26-42(47)49-48(37)40)35-23-33-15-13-28-6-3-7-29-14-16-34(24-35)45(33)43(28)29/h1-26H. The summed E-state index contributed by atoms with van der Waals surface area (Å²) in [7, 11) is 0. The van der Waals surface area contributed by atoms with E-state index in [2.05, 4.69) is 158 Å². The number of rotatable bonds is 2. The molecule has 0 aliphatic carbocycles. The van der Waals surface area contributed by atoms with E-state index in [0.29, 0.717) is 0 Å². The molecule has 0 saturated heterocycles. The minimum Gasteiger partial charge on any atom is -0.455 e. The van der Waals surface area contributed by atoms with Crippen LogP contribution in [0.3, 0.4) is 0 Å². The third-order valence-corrected chi connectivity index (χ3v) is 11.1. The molecule has 0 saturated carbocycles. The Morgan fingerprint density at radius 2 is 0.796 bits per heavy atom. The van der Waals surface area contributed by atoms with Crippen LogP contribution < -0.4 is 0 Å². The molecule has 0 unspecified atom stereocenters. The van der Waals surface area contributed by atoms with E-state index in [9.17, 15) is 0 Å². The van der Waals surface area contributed by atoms with Crippen LogP contribution >= 0.6 is 0 Å². The fraction of sp³-hybridized carbons (Fsp3) is 0. The SMILES string of the molecule is c1ccc2c(c1)ccc1c2oc2cc(-c3cc4ccc5cccc6ccc(c3)c4c56)cc(-c3ccc4ccc5cccc6ccc3c4c56)c21. The molecule has 11 aromatic carbocycles. The number of furan rings is 1. The van der Waals surface area contributed by atoms with Crippen molar-refractivity contribution in [2.75, 3.05) is 0 Å². The zero-order valence-corrected chi connectivity index (χ0v) is 26.4. The third-order valence-electron chi connectivity index (χ3n) is 11.1. The molecule has 0 bridgehead atoms. The normalized spacial score (nSPS) is 12.5. The van der Waals surface area contributed by atoms with E-state index < -0.39 is 0 Å². The first kappa shape index (κ1) is 25.6. The van der Waals surface area contributed by atoms with Crippen molar-refractivity contribution >= 4 is 97.3 Å². The van der Waals surface area contributed by atoms with Crippen LogP contribution in [0.2, 0.25) is 0 Å². The van der Waals surface area contributed by atoms with Crippen LogP contribution in [0.15, 0.2) is 162 Å². The lowest BCUT2D eigenvalue weighted by Crippen LogP contribution is -1.90. The lowest BCUT2D eigenvalue weighted by atomic mass is 9.87. The Hall–Kier alpha value is -6.44. The Bertz CT molecular complexity index is 3240. The highest BCUT2D eigenvalue weighted by Gasteiger charge is 2.20. The van der Waals surface area contributed by atoms with Crippen molar-refractivity contribution in [3.8, 4) is 22.3 Å². The maximum atomic E-state index is 6.91. The fourth-order valence-corrected chi connectivity index (χ4v) is 8.90. The summed E-state index contributed by atoms with van der Waals surface area (Å²) in [6.45, 7) is 0. The topological polar surface area (TPSA) is 13.1 Å². The highest BCUT2D eigenvalue weighted by molar-refractivity contribution is 6.28. The smallest absolute Gasteiger partial charge is 0.143 e. The second-order valence-corrected chi connectivity index (χ2v) is 13.6. The zero-order valence-electron chi connectivity index (χ0n) is 26.4. The zero-order chi connectivity index (χ0) is 31.8. The van der Waals surface area contributed by atoms with Gasteiger partial charge < -0.3 is 4.42 Å². The highest BCUT2D eigenvalue weighted by atomic mass is 16.3. The molecular weight excluding hydrogens is 593 g/mol. The van der Waals surface area contributed by atoms with Gasteiger partial charge in [0, 0.05) is 16.2 Å². The van der Waals surface area contributed by atoms with E-state index in [1.165, 1.54) is 86.7 Å². The van der Waals surface area contributed by atoms with Gasteiger partial charge in [0.2, 0.25) is 0 Å². The van der Waals surface area contributed by atoms with Crippen molar-refractivity contribution in [2.24, 2.45) is 0 Å². The summed E-state index contributed by atoms with van der Waals surface area (Å²) in [4.78, 5) is 0. The first-order chi connectivity index (χ1) is 24.3. The summed E-state index contributed by atoms with van der Waals surface area (Å²) in [5.41, 5.74) is 6.63. The van der Waals surface area contributed by atoms with Crippen molar-refractivity contribution in [1.29, 1.82) is 0 Å². The molecular formula is C48H26O. The molecule has 0 N–H and O–H groups in total. The molecule has 224 valence electrons. The molecule has 1 aromatic heterocycles. The quantitative estimate of drug-likeness (QED) is 0.176. The lowest BCUT2D eigenvalue weighted by molar-refractivity contribution is 0.673. The van der Waals surface area contributed by atoms with Crippen molar-refractivity contribution < 1.29 is 4.42 Å². The van der Waals surface area contributed by atoms with Crippen molar-refractivity contribution in [2.45, 2.75) is 0 Å². The Kier molecular flexibility index (Phi) is 4.77. The van der Waals surface area contributed by atoms with Gasteiger partial charge in [-0.2, -0.15) is 0 Å². The van der Waals surface area contributed by atoms with Crippen LogP contribution in [0.5, 0.6) is 0 Å². The van der Waals surface area contributed by atoms with Crippen LogP contribution in [0.4, 0.5) is 0 Å². The summed E-state index contributed by atoms with van der Waals surface area (Å²) in [5, 5.41) is 20.2. The van der Waals surface area contributed by atoms with Gasteiger partial charge in [-0.25, -0.2) is 0 Å². The van der Waals surface area contributed by atoms with Gasteiger partial charge >= 0.3 is 0 Å². The van der Waals surface area contributed by atoms with Crippen molar-refractivity contribution in [3.05, 3.63) is 158 Å². The Morgan fingerprint density at radius 1 is 0.286 bits per heavy atom. The maximum Gasteiger partial charge on any atom is 0.143 e. The van der Waals surface area contributed by atoms with E-state index in [1.54, 1.807) is 0 Å². The van der Waals surface area contributed by atoms with E-state index in [1.807, 2.05) is 0 Å². The second kappa shape index (κ2) is 9.13. The fourth-order valence-electron chi connectivity index (χ4n) is 8.90. The summed E-state index contributed by atoms with van der Waals surface area (Å²) in [6.07, 6.45) is 0. The largest absolute Gasteiger partial charge is 0.455 e. The van der Waals surface area contributed by atoms with Crippen LogP contribution in [0.25, 0.3) is 120 Å².